The van der Waals surface area contributed by atoms with E-state index in [4.69, 9.17) is 9.84 Å². The molecule has 1 unspecified atom stereocenters. The Morgan fingerprint density at radius 1 is 1.59 bits per heavy atom. The van der Waals surface area contributed by atoms with Crippen LogP contribution in [0.5, 0.6) is 0 Å². The number of carboxylic acid groups (broad SMARTS) is 1. The van der Waals surface area contributed by atoms with Gasteiger partial charge in [0.15, 0.2) is 0 Å². The maximum atomic E-state index is 11.8. The number of ether oxygens (including phenoxy) is 1. The molecule has 0 saturated heterocycles. The first-order chi connectivity index (χ1) is 7.97. The van der Waals surface area contributed by atoms with Crippen molar-refractivity contribution in [2.45, 2.75) is 18.9 Å². The molecular formula is C11H15NO4S. The standard InChI is InChI=1S/C11H15NO4S/c1-11(7-16-2,5-9(13)14)12-10(15)8-3-4-17-6-8/h3-4,6H,5,7H2,1-2H3,(H,12,15)(H,13,14). The van der Waals surface area contributed by atoms with Crippen LogP contribution in [-0.2, 0) is 9.53 Å². The van der Waals surface area contributed by atoms with Crippen LogP contribution >= 0.6 is 11.3 Å². The van der Waals surface area contributed by atoms with Gasteiger partial charge >= 0.3 is 5.97 Å². The molecule has 5 nitrogen and oxygen atoms in total. The van der Waals surface area contributed by atoms with Crippen molar-refractivity contribution in [2.24, 2.45) is 0 Å². The van der Waals surface area contributed by atoms with Crippen LogP contribution in [0, 0.1) is 0 Å². The lowest BCUT2D eigenvalue weighted by Gasteiger charge is -2.28. The normalized spacial score (nSPS) is 14.0. The van der Waals surface area contributed by atoms with Crippen molar-refractivity contribution < 1.29 is 19.4 Å². The molecule has 1 rings (SSSR count). The molecule has 0 spiro atoms. The molecule has 0 fully saturated rings. The monoisotopic (exact) mass is 257 g/mol. The molecule has 1 aromatic rings. The van der Waals surface area contributed by atoms with Crippen molar-refractivity contribution in [2.75, 3.05) is 13.7 Å². The van der Waals surface area contributed by atoms with E-state index in [9.17, 15) is 9.59 Å². The van der Waals surface area contributed by atoms with Crippen LogP contribution < -0.4 is 5.32 Å². The number of carbonyl (C=O) groups is 2. The quantitative estimate of drug-likeness (QED) is 0.806. The van der Waals surface area contributed by atoms with Crippen molar-refractivity contribution in [3.05, 3.63) is 22.4 Å². The van der Waals surface area contributed by atoms with E-state index < -0.39 is 11.5 Å². The maximum Gasteiger partial charge on any atom is 0.305 e. The molecule has 0 aliphatic carbocycles. The predicted octanol–water partition coefficient (Wildman–Crippen LogP) is 1.36. The zero-order chi connectivity index (χ0) is 12.9. The first kappa shape index (κ1) is 13.7. The maximum absolute atomic E-state index is 11.8. The van der Waals surface area contributed by atoms with E-state index in [0.717, 1.165) is 0 Å². The highest BCUT2D eigenvalue weighted by Gasteiger charge is 2.29. The molecular weight excluding hydrogens is 242 g/mol. The molecule has 0 aliphatic rings. The summed E-state index contributed by atoms with van der Waals surface area (Å²) in [4.78, 5) is 22.6. The Bertz CT molecular complexity index is 390. The lowest BCUT2D eigenvalue weighted by molar-refractivity contribution is -0.139. The van der Waals surface area contributed by atoms with E-state index in [1.54, 1.807) is 23.8 Å². The minimum Gasteiger partial charge on any atom is -0.481 e. The highest BCUT2D eigenvalue weighted by molar-refractivity contribution is 7.08. The van der Waals surface area contributed by atoms with Gasteiger partial charge in [-0.25, -0.2) is 0 Å². The number of thiophene rings is 1. The summed E-state index contributed by atoms with van der Waals surface area (Å²) in [5.41, 5.74) is -0.373. The van der Waals surface area contributed by atoms with Crippen LogP contribution in [0.1, 0.15) is 23.7 Å². The third-order valence-corrected chi connectivity index (χ3v) is 2.89. The van der Waals surface area contributed by atoms with Gasteiger partial charge in [-0.05, 0) is 18.4 Å². The molecule has 0 aliphatic heterocycles. The predicted molar refractivity (Wildman–Crippen MR) is 64.3 cm³/mol. The van der Waals surface area contributed by atoms with Crippen LogP contribution in [0.2, 0.25) is 0 Å². The minimum absolute atomic E-state index is 0.148. The number of carboxylic acids is 1. The third kappa shape index (κ3) is 4.16. The molecule has 0 aromatic carbocycles. The fourth-order valence-electron chi connectivity index (χ4n) is 1.52. The summed E-state index contributed by atoms with van der Waals surface area (Å²) >= 11 is 1.41. The van der Waals surface area contributed by atoms with E-state index in [0.29, 0.717) is 5.56 Å². The molecule has 0 bridgehead atoms. The first-order valence-corrected chi connectivity index (χ1v) is 5.96. The second-order valence-corrected chi connectivity index (χ2v) is 4.81. The minimum atomic E-state index is -0.977. The summed E-state index contributed by atoms with van der Waals surface area (Å²) in [6.45, 7) is 1.80. The molecule has 0 radical (unpaired) electrons. The Morgan fingerprint density at radius 3 is 2.76 bits per heavy atom. The molecule has 94 valence electrons. The summed E-state index contributed by atoms with van der Waals surface area (Å²) in [7, 11) is 1.47. The fourth-order valence-corrected chi connectivity index (χ4v) is 2.16. The van der Waals surface area contributed by atoms with Crippen LogP contribution in [0.25, 0.3) is 0 Å². The van der Waals surface area contributed by atoms with Gasteiger partial charge in [0.25, 0.3) is 5.91 Å². The number of hydrogen-bond donors (Lipinski definition) is 2. The SMILES string of the molecule is COCC(C)(CC(=O)O)NC(=O)c1ccsc1. The summed E-state index contributed by atoms with van der Waals surface area (Å²) < 4.78 is 4.95. The lowest BCUT2D eigenvalue weighted by atomic mass is 9.98. The third-order valence-electron chi connectivity index (χ3n) is 2.20. The van der Waals surface area contributed by atoms with E-state index in [-0.39, 0.29) is 18.9 Å². The first-order valence-electron chi connectivity index (χ1n) is 5.02. The topological polar surface area (TPSA) is 75.6 Å². The van der Waals surface area contributed by atoms with Gasteiger partial charge in [0.05, 0.1) is 24.1 Å². The van der Waals surface area contributed by atoms with Crippen molar-refractivity contribution >= 4 is 23.2 Å². The lowest BCUT2D eigenvalue weighted by Crippen LogP contribution is -2.50. The summed E-state index contributed by atoms with van der Waals surface area (Å²) in [5, 5.41) is 15.0. The van der Waals surface area contributed by atoms with Crippen molar-refractivity contribution in [3.8, 4) is 0 Å². The molecule has 1 atom stereocenters. The Hall–Kier alpha value is -1.40. The zero-order valence-corrected chi connectivity index (χ0v) is 10.5. The molecule has 17 heavy (non-hydrogen) atoms. The van der Waals surface area contributed by atoms with Crippen molar-refractivity contribution in [1.82, 2.24) is 5.32 Å². The van der Waals surface area contributed by atoms with Crippen LogP contribution in [-0.4, -0.2) is 36.2 Å². The van der Waals surface area contributed by atoms with Crippen LogP contribution in [0.3, 0.4) is 0 Å². The number of carbonyl (C=O) groups excluding carboxylic acids is 1. The molecule has 6 heteroatoms. The Kier molecular flexibility index (Phi) is 4.65. The second kappa shape index (κ2) is 5.79. The van der Waals surface area contributed by atoms with Gasteiger partial charge in [0.1, 0.15) is 0 Å². The number of methoxy groups -OCH3 is 1. The van der Waals surface area contributed by atoms with Gasteiger partial charge in [-0.1, -0.05) is 0 Å². The molecule has 0 saturated carbocycles. The number of nitrogens with one attached hydrogen (secondary N) is 1. The molecule has 2 N–H and O–H groups in total. The zero-order valence-electron chi connectivity index (χ0n) is 9.73. The summed E-state index contributed by atoms with van der Waals surface area (Å²) in [6, 6.07) is 1.69. The van der Waals surface area contributed by atoms with Crippen LogP contribution in [0.15, 0.2) is 16.8 Å². The van der Waals surface area contributed by atoms with Crippen molar-refractivity contribution in [1.29, 1.82) is 0 Å². The van der Waals surface area contributed by atoms with E-state index in [1.165, 1.54) is 18.4 Å². The molecule has 1 amide bonds. The number of hydrogen-bond acceptors (Lipinski definition) is 4. The van der Waals surface area contributed by atoms with Gasteiger partial charge in [-0.15, -0.1) is 0 Å². The molecule has 1 aromatic heterocycles. The van der Waals surface area contributed by atoms with Gasteiger partial charge in [-0.3, -0.25) is 9.59 Å². The summed E-state index contributed by atoms with van der Waals surface area (Å²) in [6.07, 6.45) is -0.184. The Labute approximate surface area is 103 Å². The average Bonchev–Trinajstić information content (AvgIpc) is 2.68. The smallest absolute Gasteiger partial charge is 0.305 e. The number of aliphatic carboxylic acids is 1. The molecule has 1 heterocycles. The fraction of sp³-hybridized carbons (Fsp3) is 0.455. The van der Waals surface area contributed by atoms with E-state index in [2.05, 4.69) is 5.32 Å². The average molecular weight is 257 g/mol. The number of rotatable bonds is 6. The van der Waals surface area contributed by atoms with E-state index in [1.807, 2.05) is 0 Å². The van der Waals surface area contributed by atoms with Gasteiger partial charge in [-0.2, -0.15) is 11.3 Å². The number of amides is 1. The Morgan fingerprint density at radius 2 is 2.29 bits per heavy atom. The van der Waals surface area contributed by atoms with Gasteiger partial charge in [0, 0.05) is 12.5 Å². The summed E-state index contributed by atoms with van der Waals surface area (Å²) in [5.74, 6) is -1.26. The highest BCUT2D eigenvalue weighted by Crippen LogP contribution is 2.13. The Balaban J connectivity index is 2.72. The van der Waals surface area contributed by atoms with Crippen molar-refractivity contribution in [3.63, 3.8) is 0 Å². The van der Waals surface area contributed by atoms with E-state index >= 15 is 0 Å². The highest BCUT2D eigenvalue weighted by atomic mass is 32.1. The van der Waals surface area contributed by atoms with Crippen LogP contribution in [0.4, 0.5) is 0 Å². The van der Waals surface area contributed by atoms with Gasteiger partial charge in [0.2, 0.25) is 0 Å². The van der Waals surface area contributed by atoms with Gasteiger partial charge < -0.3 is 15.2 Å². The second-order valence-electron chi connectivity index (χ2n) is 4.03. The largest absolute Gasteiger partial charge is 0.481 e.